The summed E-state index contributed by atoms with van der Waals surface area (Å²) in [6, 6.07) is 23.8. The first-order valence-electron chi connectivity index (χ1n) is 18.8. The predicted molar refractivity (Wildman–Crippen MR) is 208 cm³/mol. The normalized spacial score (nSPS) is 17.3. The molecule has 1 atom stereocenters. The fraction of sp³-hybridized carbons (Fsp3) is 0.415. The summed E-state index contributed by atoms with van der Waals surface area (Å²) < 4.78 is 65.1. The second kappa shape index (κ2) is 17.1. The Hall–Kier alpha value is -4.86. The smallest absolute Gasteiger partial charge is 0.364 e. The van der Waals surface area contributed by atoms with Crippen molar-refractivity contribution in [1.29, 1.82) is 0 Å². The number of piperidine rings is 2. The van der Waals surface area contributed by atoms with Gasteiger partial charge in [-0.2, -0.15) is 17.9 Å². The predicted octanol–water partition coefficient (Wildman–Crippen LogP) is 6.06. The number of amides is 2. The molecule has 0 spiro atoms. The lowest BCUT2D eigenvalue weighted by Crippen LogP contribution is -2.58. The highest BCUT2D eigenvalue weighted by Crippen LogP contribution is 2.35. The lowest BCUT2D eigenvalue weighted by Gasteiger charge is -2.50. The Balaban J connectivity index is 1.10. The minimum atomic E-state index is -5.79. The Morgan fingerprint density at radius 3 is 2.00 bits per heavy atom. The maximum absolute atomic E-state index is 13.4. The van der Waals surface area contributed by atoms with Crippen LogP contribution < -0.4 is 14.9 Å². The van der Waals surface area contributed by atoms with Crippen LogP contribution in [0.4, 0.5) is 18.9 Å². The minimum absolute atomic E-state index is 0.00363. The van der Waals surface area contributed by atoms with Crippen molar-refractivity contribution in [3.63, 3.8) is 0 Å². The van der Waals surface area contributed by atoms with Gasteiger partial charge in [-0.1, -0.05) is 72.8 Å². The summed E-state index contributed by atoms with van der Waals surface area (Å²) in [4.78, 5) is 42.0. The largest absolute Gasteiger partial charge is 0.511 e. The van der Waals surface area contributed by atoms with E-state index in [0.717, 1.165) is 50.0 Å². The lowest BCUT2D eigenvalue weighted by molar-refractivity contribution is -0.123. The van der Waals surface area contributed by atoms with Crippen LogP contribution >= 0.6 is 0 Å². The number of hydrogen-bond donors (Lipinski definition) is 2. The summed E-state index contributed by atoms with van der Waals surface area (Å²) in [6.45, 7) is 9.85. The third-order valence-corrected chi connectivity index (χ3v) is 12.3. The number of benzene rings is 3. The third-order valence-electron chi connectivity index (χ3n) is 11.1. The summed E-state index contributed by atoms with van der Waals surface area (Å²) in [5.74, 6) is -0.913. The van der Waals surface area contributed by atoms with E-state index in [-0.39, 0.29) is 29.6 Å². The maximum atomic E-state index is 13.4. The van der Waals surface area contributed by atoms with Gasteiger partial charge in [-0.05, 0) is 75.3 Å². The lowest BCUT2D eigenvalue weighted by atomic mass is 9.85. The zero-order valence-electron chi connectivity index (χ0n) is 31.8. The molecule has 15 heteroatoms. The second-order valence-electron chi connectivity index (χ2n) is 14.8. The standard InChI is InChI=1S/C41H48F3N7O4S/c1-29-36(30(2)47-28-46-29)39(53)49-24-20-40(3,21-25-49)50-22-18-35(19-23-50)51(27-32-10-6-4-7-11-32)34-16-14-31(15-17-34)26-45-38(52)37(33-12-8-5-9-13-33)48-56(54,55)41(42,43)44/h4-17,28,35,37,48H,18-27H2,1-3H3,(H,45,52)/t37-/m1/s1. The van der Waals surface area contributed by atoms with Crippen LogP contribution in [0.2, 0.25) is 0 Å². The molecule has 0 aliphatic carbocycles. The molecule has 2 N–H and O–H groups in total. The van der Waals surface area contributed by atoms with Crippen molar-refractivity contribution in [2.24, 2.45) is 0 Å². The number of aromatic nitrogens is 2. The van der Waals surface area contributed by atoms with Gasteiger partial charge >= 0.3 is 15.5 Å². The first kappa shape index (κ1) is 40.8. The Morgan fingerprint density at radius 1 is 0.857 bits per heavy atom. The second-order valence-corrected chi connectivity index (χ2v) is 16.5. The van der Waals surface area contributed by atoms with E-state index in [4.69, 9.17) is 0 Å². The Morgan fingerprint density at radius 2 is 1.43 bits per heavy atom. The highest BCUT2D eigenvalue weighted by molar-refractivity contribution is 7.90. The molecule has 11 nitrogen and oxygen atoms in total. The Labute approximate surface area is 326 Å². The van der Waals surface area contributed by atoms with Gasteiger partial charge in [-0.25, -0.2) is 18.4 Å². The molecular weight excluding hydrogens is 744 g/mol. The number of carbonyl (C=O) groups excluding carboxylic acids is 2. The molecule has 0 saturated carbocycles. The van der Waals surface area contributed by atoms with E-state index in [1.165, 1.54) is 35.3 Å². The first-order chi connectivity index (χ1) is 26.6. The van der Waals surface area contributed by atoms with Gasteiger partial charge in [0.15, 0.2) is 0 Å². The van der Waals surface area contributed by atoms with E-state index < -0.39 is 27.5 Å². The zero-order valence-corrected chi connectivity index (χ0v) is 32.6. The number of aryl methyl sites for hydroxylation is 2. The van der Waals surface area contributed by atoms with Crippen LogP contribution in [0.3, 0.4) is 0 Å². The van der Waals surface area contributed by atoms with Crippen molar-refractivity contribution in [2.75, 3.05) is 31.1 Å². The van der Waals surface area contributed by atoms with Crippen molar-refractivity contribution in [3.05, 3.63) is 125 Å². The molecule has 0 radical (unpaired) electrons. The summed E-state index contributed by atoms with van der Waals surface area (Å²) in [6.07, 6.45) is 5.13. The van der Waals surface area contributed by atoms with E-state index in [2.05, 4.69) is 44.1 Å². The molecule has 56 heavy (non-hydrogen) atoms. The number of halogens is 3. The van der Waals surface area contributed by atoms with Crippen LogP contribution in [0.1, 0.15) is 77.1 Å². The molecule has 2 aliphatic heterocycles. The molecule has 298 valence electrons. The molecule has 0 bridgehead atoms. The quantitative estimate of drug-likeness (QED) is 0.178. The summed E-state index contributed by atoms with van der Waals surface area (Å²) in [5, 5.41) is 2.61. The fourth-order valence-corrected chi connectivity index (χ4v) is 8.42. The summed E-state index contributed by atoms with van der Waals surface area (Å²) in [7, 11) is -5.79. The van der Waals surface area contributed by atoms with Crippen molar-refractivity contribution in [3.8, 4) is 0 Å². The van der Waals surface area contributed by atoms with Gasteiger partial charge in [0.05, 0.1) is 17.0 Å². The number of nitrogens with zero attached hydrogens (tertiary/aromatic N) is 5. The van der Waals surface area contributed by atoms with Gasteiger partial charge in [-0.3, -0.25) is 14.5 Å². The Kier molecular flexibility index (Phi) is 12.5. The van der Waals surface area contributed by atoms with E-state index >= 15 is 0 Å². The minimum Gasteiger partial charge on any atom is -0.364 e. The maximum Gasteiger partial charge on any atom is 0.511 e. The fourth-order valence-electron chi connectivity index (χ4n) is 7.73. The number of nitrogens with one attached hydrogen (secondary N) is 2. The average molecular weight is 792 g/mol. The van der Waals surface area contributed by atoms with Crippen molar-refractivity contribution in [2.45, 2.75) is 82.7 Å². The summed E-state index contributed by atoms with van der Waals surface area (Å²) in [5.41, 5.74) is -0.666. The van der Waals surface area contributed by atoms with E-state index in [1.807, 2.05) is 61.2 Å². The molecule has 0 unspecified atom stereocenters. The van der Waals surface area contributed by atoms with Crippen LogP contribution in [-0.2, 0) is 27.9 Å². The number of rotatable bonds is 12. The third kappa shape index (κ3) is 9.39. The molecule has 2 amide bonds. The average Bonchev–Trinajstić information content (AvgIpc) is 3.19. The SMILES string of the molecule is Cc1ncnc(C)c1C(=O)N1CCC(C)(N2CCC(N(Cc3ccccc3)c3ccc(CNC(=O)[C@H](NS(=O)(=O)C(F)(F)F)c4ccccc4)cc3)CC2)CC1. The molecule has 6 rings (SSSR count). The monoisotopic (exact) mass is 791 g/mol. The van der Waals surface area contributed by atoms with Gasteiger partial charge in [0, 0.05) is 56.5 Å². The number of alkyl halides is 3. The van der Waals surface area contributed by atoms with Crippen LogP contribution in [-0.4, -0.2) is 83.3 Å². The number of anilines is 1. The van der Waals surface area contributed by atoms with E-state index in [1.54, 1.807) is 6.07 Å². The van der Waals surface area contributed by atoms with Crippen LogP contribution in [0.25, 0.3) is 0 Å². The molecular formula is C41H48F3N7O4S. The molecule has 1 aromatic heterocycles. The van der Waals surface area contributed by atoms with Gasteiger partial charge in [0.25, 0.3) is 5.91 Å². The first-order valence-corrected chi connectivity index (χ1v) is 20.3. The number of hydrogen-bond acceptors (Lipinski definition) is 8. The molecule has 4 aromatic rings. The van der Waals surface area contributed by atoms with E-state index in [9.17, 15) is 31.2 Å². The molecule has 3 aromatic carbocycles. The highest BCUT2D eigenvalue weighted by atomic mass is 32.2. The van der Waals surface area contributed by atoms with Gasteiger partial charge in [-0.15, -0.1) is 0 Å². The van der Waals surface area contributed by atoms with Gasteiger partial charge < -0.3 is 15.1 Å². The zero-order chi connectivity index (χ0) is 40.1. The number of sulfonamides is 1. The number of carbonyl (C=O) groups is 2. The van der Waals surface area contributed by atoms with Crippen molar-refractivity contribution in [1.82, 2.24) is 29.8 Å². The van der Waals surface area contributed by atoms with Crippen LogP contribution in [0.5, 0.6) is 0 Å². The van der Waals surface area contributed by atoms with Crippen molar-refractivity contribution >= 4 is 27.5 Å². The molecule has 3 heterocycles. The van der Waals surface area contributed by atoms with Gasteiger partial charge in [0.1, 0.15) is 12.4 Å². The van der Waals surface area contributed by atoms with Gasteiger partial charge in [0.2, 0.25) is 5.91 Å². The van der Waals surface area contributed by atoms with E-state index in [0.29, 0.717) is 42.1 Å². The van der Waals surface area contributed by atoms with Crippen molar-refractivity contribution < 1.29 is 31.2 Å². The molecule has 2 aliphatic rings. The topological polar surface area (TPSA) is 128 Å². The highest BCUT2D eigenvalue weighted by Gasteiger charge is 2.48. The molecule has 2 saturated heterocycles. The number of likely N-dealkylation sites (tertiary alicyclic amines) is 2. The molecule has 2 fully saturated rings. The van der Waals surface area contributed by atoms with Crippen LogP contribution in [0.15, 0.2) is 91.3 Å². The van der Waals surface area contributed by atoms with Crippen LogP contribution in [0, 0.1) is 13.8 Å². The Bertz CT molecular complexity index is 2050. The summed E-state index contributed by atoms with van der Waals surface area (Å²) >= 11 is 0.